The molecule has 0 fully saturated rings. The van der Waals surface area contributed by atoms with Crippen LogP contribution in [0.3, 0.4) is 0 Å². The number of anilines is 1. The van der Waals surface area contributed by atoms with Crippen LogP contribution in [0.1, 0.15) is 29.5 Å². The summed E-state index contributed by atoms with van der Waals surface area (Å²) in [5.41, 5.74) is 1.16. The number of Topliss-reactive ketones (excluding diaryl/α,β-unsaturated/α-hetero) is 1. The number of hydrogen-bond acceptors (Lipinski definition) is 5. The number of nitrogens with zero attached hydrogens (tertiary/aromatic N) is 1. The average Bonchev–Trinajstić information content (AvgIpc) is 2.93. The van der Waals surface area contributed by atoms with Crippen molar-refractivity contribution >= 4 is 17.4 Å². The van der Waals surface area contributed by atoms with E-state index in [1.54, 1.807) is 30.3 Å². The van der Waals surface area contributed by atoms with E-state index >= 15 is 0 Å². The van der Waals surface area contributed by atoms with Gasteiger partial charge in [0.2, 0.25) is 5.91 Å². The van der Waals surface area contributed by atoms with Crippen molar-refractivity contribution in [1.29, 1.82) is 0 Å². The fourth-order valence-electron chi connectivity index (χ4n) is 1.78. The third-order valence-electron chi connectivity index (χ3n) is 2.90. The van der Waals surface area contributed by atoms with Gasteiger partial charge in [-0.1, -0.05) is 12.1 Å². The number of benzene rings is 1. The van der Waals surface area contributed by atoms with Gasteiger partial charge in [-0.15, -0.1) is 0 Å². The van der Waals surface area contributed by atoms with Crippen LogP contribution in [-0.2, 0) is 11.2 Å². The Hall–Kier alpha value is -2.63. The summed E-state index contributed by atoms with van der Waals surface area (Å²) in [5.74, 6) is 0.768. The van der Waals surface area contributed by atoms with Crippen molar-refractivity contribution < 1.29 is 18.8 Å². The number of ether oxygens (including phenoxy) is 1. The first-order valence-corrected chi connectivity index (χ1v) is 6.49. The zero-order chi connectivity index (χ0) is 15.2. The van der Waals surface area contributed by atoms with Gasteiger partial charge in [0.15, 0.2) is 5.78 Å². The highest BCUT2D eigenvalue weighted by atomic mass is 16.5. The molecule has 1 heterocycles. The Bertz CT molecular complexity index is 649. The van der Waals surface area contributed by atoms with Crippen molar-refractivity contribution in [3.05, 3.63) is 41.7 Å². The lowest BCUT2D eigenvalue weighted by Gasteiger charge is -2.05. The van der Waals surface area contributed by atoms with Crippen LogP contribution in [0.4, 0.5) is 5.69 Å². The van der Waals surface area contributed by atoms with E-state index in [0.717, 1.165) is 0 Å². The van der Waals surface area contributed by atoms with E-state index in [9.17, 15) is 9.59 Å². The lowest BCUT2D eigenvalue weighted by Crippen LogP contribution is -2.12. The van der Waals surface area contributed by atoms with Crippen LogP contribution in [-0.4, -0.2) is 24.0 Å². The Morgan fingerprint density at radius 3 is 2.81 bits per heavy atom. The Labute approximate surface area is 122 Å². The summed E-state index contributed by atoms with van der Waals surface area (Å²) < 4.78 is 9.90. The molecule has 0 radical (unpaired) electrons. The van der Waals surface area contributed by atoms with Gasteiger partial charge in [0, 0.05) is 30.2 Å². The van der Waals surface area contributed by atoms with E-state index < -0.39 is 0 Å². The summed E-state index contributed by atoms with van der Waals surface area (Å²) >= 11 is 0. The second-order valence-electron chi connectivity index (χ2n) is 4.52. The molecule has 0 saturated carbocycles. The lowest BCUT2D eigenvalue weighted by molar-refractivity contribution is -0.116. The van der Waals surface area contributed by atoms with Crippen LogP contribution >= 0.6 is 0 Å². The third kappa shape index (κ3) is 4.17. The van der Waals surface area contributed by atoms with E-state index in [1.807, 2.05) is 0 Å². The number of nitrogens with one attached hydrogen (secondary N) is 1. The molecule has 1 amide bonds. The smallest absolute Gasteiger partial charge is 0.254 e. The van der Waals surface area contributed by atoms with Gasteiger partial charge in [-0.05, 0) is 24.2 Å². The number of carbonyl (C=O) groups excluding carboxylic acids is 2. The molecule has 0 aliphatic heterocycles. The highest BCUT2D eigenvalue weighted by Crippen LogP contribution is 2.14. The van der Waals surface area contributed by atoms with Gasteiger partial charge < -0.3 is 14.6 Å². The molecule has 0 aliphatic carbocycles. The van der Waals surface area contributed by atoms with Crippen molar-refractivity contribution in [2.24, 2.45) is 0 Å². The van der Waals surface area contributed by atoms with Crippen molar-refractivity contribution in [2.75, 3.05) is 12.4 Å². The van der Waals surface area contributed by atoms with E-state index in [4.69, 9.17) is 9.26 Å². The van der Waals surface area contributed by atoms with E-state index in [2.05, 4.69) is 10.5 Å². The summed E-state index contributed by atoms with van der Waals surface area (Å²) in [6.07, 6.45) is 0.678. The molecule has 0 atom stereocenters. The second-order valence-corrected chi connectivity index (χ2v) is 4.52. The fraction of sp³-hybridized carbons (Fsp3) is 0.267. The topological polar surface area (TPSA) is 81.4 Å². The third-order valence-corrected chi connectivity index (χ3v) is 2.90. The summed E-state index contributed by atoms with van der Waals surface area (Å²) in [4.78, 5) is 23.1. The molecule has 0 aliphatic rings. The molecule has 2 aromatic rings. The number of aryl methyl sites for hydroxylation is 1. The molecule has 0 bridgehead atoms. The minimum Gasteiger partial charge on any atom is -0.479 e. The number of carbonyl (C=O) groups is 2. The molecule has 110 valence electrons. The second kappa shape index (κ2) is 6.69. The maximum Gasteiger partial charge on any atom is 0.254 e. The van der Waals surface area contributed by atoms with Gasteiger partial charge in [0.05, 0.1) is 7.11 Å². The monoisotopic (exact) mass is 288 g/mol. The Morgan fingerprint density at radius 2 is 2.14 bits per heavy atom. The van der Waals surface area contributed by atoms with Gasteiger partial charge in [0.25, 0.3) is 5.88 Å². The summed E-state index contributed by atoms with van der Waals surface area (Å²) in [5, 5.41) is 6.40. The highest BCUT2D eigenvalue weighted by Gasteiger charge is 2.08. The number of aromatic nitrogens is 1. The maximum absolute atomic E-state index is 11.9. The van der Waals surface area contributed by atoms with Crippen LogP contribution in [0.5, 0.6) is 5.88 Å². The highest BCUT2D eigenvalue weighted by molar-refractivity contribution is 5.97. The van der Waals surface area contributed by atoms with Crippen molar-refractivity contribution in [1.82, 2.24) is 5.16 Å². The molecule has 0 unspecified atom stereocenters. The normalized spacial score (nSPS) is 10.2. The first kappa shape index (κ1) is 14.8. The minimum absolute atomic E-state index is 0.0418. The summed E-state index contributed by atoms with van der Waals surface area (Å²) in [6.45, 7) is 1.48. The SMILES string of the molecule is COc1cc(CCC(=O)Nc2cccc(C(C)=O)c2)on1. The van der Waals surface area contributed by atoms with Crippen LogP contribution in [0.2, 0.25) is 0 Å². The molecule has 1 N–H and O–H groups in total. The molecule has 21 heavy (non-hydrogen) atoms. The largest absolute Gasteiger partial charge is 0.479 e. The molecular weight excluding hydrogens is 272 g/mol. The Kier molecular flexibility index (Phi) is 4.71. The molecule has 2 rings (SSSR count). The van der Waals surface area contributed by atoms with E-state index in [-0.39, 0.29) is 18.1 Å². The van der Waals surface area contributed by atoms with Gasteiger partial charge in [-0.2, -0.15) is 0 Å². The number of hydrogen-bond donors (Lipinski definition) is 1. The number of ketones is 1. The van der Waals surface area contributed by atoms with Crippen LogP contribution in [0.25, 0.3) is 0 Å². The zero-order valence-corrected chi connectivity index (χ0v) is 11.9. The summed E-state index contributed by atoms with van der Waals surface area (Å²) in [6, 6.07) is 8.47. The van der Waals surface area contributed by atoms with Gasteiger partial charge in [0.1, 0.15) is 5.76 Å². The Morgan fingerprint density at radius 1 is 1.33 bits per heavy atom. The predicted molar refractivity (Wildman–Crippen MR) is 76.5 cm³/mol. The molecule has 6 nitrogen and oxygen atoms in total. The fourth-order valence-corrected chi connectivity index (χ4v) is 1.78. The quantitative estimate of drug-likeness (QED) is 0.826. The van der Waals surface area contributed by atoms with Crippen molar-refractivity contribution in [3.8, 4) is 5.88 Å². The molecule has 0 saturated heterocycles. The zero-order valence-electron chi connectivity index (χ0n) is 11.9. The maximum atomic E-state index is 11.9. The number of rotatable bonds is 6. The number of methoxy groups -OCH3 is 1. The van der Waals surface area contributed by atoms with Crippen LogP contribution < -0.4 is 10.1 Å². The molecular formula is C15H16N2O4. The molecule has 6 heteroatoms. The summed E-state index contributed by atoms with van der Waals surface area (Å²) in [7, 11) is 1.50. The van der Waals surface area contributed by atoms with Gasteiger partial charge >= 0.3 is 0 Å². The van der Waals surface area contributed by atoms with E-state index in [1.165, 1.54) is 14.0 Å². The van der Waals surface area contributed by atoms with Gasteiger partial charge in [-0.3, -0.25) is 9.59 Å². The Balaban J connectivity index is 1.89. The number of amides is 1. The van der Waals surface area contributed by atoms with E-state index in [0.29, 0.717) is 29.3 Å². The van der Waals surface area contributed by atoms with Gasteiger partial charge in [-0.25, -0.2) is 0 Å². The van der Waals surface area contributed by atoms with Crippen molar-refractivity contribution in [3.63, 3.8) is 0 Å². The first-order valence-electron chi connectivity index (χ1n) is 6.49. The van der Waals surface area contributed by atoms with Crippen molar-refractivity contribution in [2.45, 2.75) is 19.8 Å². The molecule has 0 spiro atoms. The first-order chi connectivity index (χ1) is 10.1. The predicted octanol–water partition coefficient (Wildman–Crippen LogP) is 2.46. The van der Waals surface area contributed by atoms with Crippen LogP contribution in [0, 0.1) is 0 Å². The standard InChI is InChI=1S/C15H16N2O4/c1-10(18)11-4-3-5-12(8-11)16-14(19)7-6-13-9-15(20-2)17-21-13/h3-5,8-9H,6-7H2,1-2H3,(H,16,19). The van der Waals surface area contributed by atoms with Crippen LogP contribution in [0.15, 0.2) is 34.9 Å². The average molecular weight is 288 g/mol. The molecule has 1 aromatic heterocycles. The lowest BCUT2D eigenvalue weighted by atomic mass is 10.1. The minimum atomic E-state index is -0.161. The molecule has 1 aromatic carbocycles.